The molecule has 19 heavy (non-hydrogen) atoms. The van der Waals surface area contributed by atoms with Crippen molar-refractivity contribution in [3.05, 3.63) is 23.2 Å². The Balaban J connectivity index is 3.05. The molecule has 100 valence electrons. The van der Waals surface area contributed by atoms with Crippen molar-refractivity contribution in [3.63, 3.8) is 0 Å². The minimum absolute atomic E-state index is 0.0623. The van der Waals surface area contributed by atoms with E-state index >= 15 is 0 Å². The molecule has 0 heterocycles. The molecule has 4 N–H and O–H groups in total. The van der Waals surface area contributed by atoms with E-state index in [1.165, 1.54) is 0 Å². The van der Waals surface area contributed by atoms with Gasteiger partial charge in [0.15, 0.2) is 11.6 Å². The standard InChI is InChI=1S/C12H14ClN5O/c1-7(2)19-11-8(13)4-3-5-9(11)17-18-10(6-14)12(15)16/h3-5,7,17H,1-2H3,(H3,15,16)/b18-10+. The van der Waals surface area contributed by atoms with E-state index < -0.39 is 5.84 Å². The highest BCUT2D eigenvalue weighted by molar-refractivity contribution is 6.45. The Morgan fingerprint density at radius 3 is 2.79 bits per heavy atom. The number of amidine groups is 1. The van der Waals surface area contributed by atoms with Crippen molar-refractivity contribution in [3.8, 4) is 11.8 Å². The first-order chi connectivity index (χ1) is 8.95. The molecule has 0 saturated carbocycles. The summed E-state index contributed by atoms with van der Waals surface area (Å²) in [5.41, 5.74) is 8.10. The molecular weight excluding hydrogens is 266 g/mol. The van der Waals surface area contributed by atoms with Crippen LogP contribution in [0.5, 0.6) is 5.75 Å². The fraction of sp³-hybridized carbons (Fsp3) is 0.250. The van der Waals surface area contributed by atoms with Gasteiger partial charge in [-0.1, -0.05) is 17.7 Å². The molecule has 7 heteroatoms. The number of hydrogen-bond donors (Lipinski definition) is 3. The largest absolute Gasteiger partial charge is 0.487 e. The fourth-order valence-electron chi connectivity index (χ4n) is 1.21. The molecule has 1 aromatic carbocycles. The zero-order valence-corrected chi connectivity index (χ0v) is 11.3. The molecule has 6 nitrogen and oxygen atoms in total. The molecule has 0 aromatic heterocycles. The van der Waals surface area contributed by atoms with Gasteiger partial charge in [0, 0.05) is 0 Å². The monoisotopic (exact) mass is 279 g/mol. The molecule has 0 spiro atoms. The Labute approximate surface area is 116 Å². The maximum absolute atomic E-state index is 8.74. The van der Waals surface area contributed by atoms with Gasteiger partial charge < -0.3 is 10.5 Å². The van der Waals surface area contributed by atoms with Gasteiger partial charge in [0.1, 0.15) is 6.07 Å². The van der Waals surface area contributed by atoms with E-state index in [9.17, 15) is 0 Å². The topological polar surface area (TPSA) is 107 Å². The average Bonchev–Trinajstić information content (AvgIpc) is 2.33. The Morgan fingerprint density at radius 1 is 1.58 bits per heavy atom. The predicted octanol–water partition coefficient (Wildman–Crippen LogP) is 2.35. The summed E-state index contributed by atoms with van der Waals surface area (Å²) in [6.07, 6.45) is -0.0623. The number of rotatable bonds is 5. The SMILES string of the molecule is CC(C)Oc1c(Cl)cccc1N/N=C(\C#N)C(=N)N. The first kappa shape index (κ1) is 14.8. The van der Waals surface area contributed by atoms with Gasteiger partial charge in [0.25, 0.3) is 0 Å². The molecule has 0 atom stereocenters. The second kappa shape index (κ2) is 6.61. The Kier molecular flexibility index (Phi) is 5.15. The van der Waals surface area contributed by atoms with E-state index in [4.69, 9.17) is 32.7 Å². The summed E-state index contributed by atoms with van der Waals surface area (Å²) in [6.45, 7) is 3.74. The van der Waals surface area contributed by atoms with Crippen molar-refractivity contribution in [2.75, 3.05) is 5.43 Å². The van der Waals surface area contributed by atoms with Crippen molar-refractivity contribution in [1.82, 2.24) is 0 Å². The van der Waals surface area contributed by atoms with Crippen molar-refractivity contribution in [1.29, 1.82) is 10.7 Å². The summed E-state index contributed by atoms with van der Waals surface area (Å²) in [5.74, 6) is 0.0205. The summed E-state index contributed by atoms with van der Waals surface area (Å²) < 4.78 is 5.57. The number of nitrogens with one attached hydrogen (secondary N) is 2. The molecule has 0 saturated heterocycles. The van der Waals surface area contributed by atoms with Crippen molar-refractivity contribution >= 4 is 28.8 Å². The number of halogens is 1. The first-order valence-corrected chi connectivity index (χ1v) is 5.86. The lowest BCUT2D eigenvalue weighted by Crippen LogP contribution is -2.22. The highest BCUT2D eigenvalue weighted by Gasteiger charge is 2.10. The maximum Gasteiger partial charge on any atom is 0.201 e. The lowest BCUT2D eigenvalue weighted by Gasteiger charge is -2.15. The third kappa shape index (κ3) is 4.16. The van der Waals surface area contributed by atoms with E-state index in [1.807, 2.05) is 13.8 Å². The maximum atomic E-state index is 8.74. The van der Waals surface area contributed by atoms with Crippen LogP contribution in [-0.2, 0) is 0 Å². The third-order valence-corrected chi connectivity index (χ3v) is 2.27. The molecule has 0 aliphatic rings. The van der Waals surface area contributed by atoms with Crippen LogP contribution in [0.3, 0.4) is 0 Å². The molecule has 0 aliphatic heterocycles. The van der Waals surface area contributed by atoms with Gasteiger partial charge in [-0.3, -0.25) is 10.8 Å². The number of nitrogens with zero attached hydrogens (tertiary/aromatic N) is 2. The Bertz CT molecular complexity index is 548. The number of nitrogens with two attached hydrogens (primary N) is 1. The fourth-order valence-corrected chi connectivity index (χ4v) is 1.43. The van der Waals surface area contributed by atoms with E-state index in [0.717, 1.165) is 0 Å². The first-order valence-electron chi connectivity index (χ1n) is 5.49. The van der Waals surface area contributed by atoms with Gasteiger partial charge in [0.2, 0.25) is 5.71 Å². The number of para-hydroxylation sites is 1. The molecule has 0 bridgehead atoms. The van der Waals surface area contributed by atoms with Crippen LogP contribution in [0.4, 0.5) is 5.69 Å². The number of hydrogen-bond acceptors (Lipinski definition) is 5. The van der Waals surface area contributed by atoms with Crippen molar-refractivity contribution in [2.45, 2.75) is 20.0 Å². The molecule has 0 fully saturated rings. The van der Waals surface area contributed by atoms with Crippen LogP contribution in [0.1, 0.15) is 13.8 Å². The third-order valence-electron chi connectivity index (χ3n) is 1.97. The minimum atomic E-state index is -0.414. The molecular formula is C12H14ClN5O. The summed E-state index contributed by atoms with van der Waals surface area (Å²) in [4.78, 5) is 0. The van der Waals surface area contributed by atoms with E-state index in [-0.39, 0.29) is 11.8 Å². The molecule has 0 radical (unpaired) electrons. The number of hydrazone groups is 1. The summed E-state index contributed by atoms with van der Waals surface area (Å²) in [5, 5.41) is 20.1. The summed E-state index contributed by atoms with van der Waals surface area (Å²) >= 11 is 6.04. The molecule has 0 unspecified atom stereocenters. The number of nitriles is 1. The lowest BCUT2D eigenvalue weighted by molar-refractivity contribution is 0.244. The Hall–Kier alpha value is -2.26. The second-order valence-corrected chi connectivity index (χ2v) is 4.29. The van der Waals surface area contributed by atoms with Crippen LogP contribution in [0.15, 0.2) is 23.3 Å². The quantitative estimate of drug-likeness (QED) is 0.437. The van der Waals surface area contributed by atoms with Gasteiger partial charge >= 0.3 is 0 Å². The van der Waals surface area contributed by atoms with Crippen LogP contribution in [0, 0.1) is 16.7 Å². The van der Waals surface area contributed by atoms with Gasteiger partial charge in [-0.2, -0.15) is 10.4 Å². The van der Waals surface area contributed by atoms with Crippen molar-refractivity contribution < 1.29 is 4.74 Å². The Morgan fingerprint density at radius 2 is 2.26 bits per heavy atom. The van der Waals surface area contributed by atoms with Crippen LogP contribution in [0.25, 0.3) is 0 Å². The lowest BCUT2D eigenvalue weighted by atomic mass is 10.3. The molecule has 0 amide bonds. The normalized spacial score (nSPS) is 11.0. The molecule has 1 aromatic rings. The zero-order valence-electron chi connectivity index (χ0n) is 10.6. The average molecular weight is 280 g/mol. The number of ether oxygens (including phenoxy) is 1. The van der Waals surface area contributed by atoms with Gasteiger partial charge in [-0.15, -0.1) is 0 Å². The van der Waals surface area contributed by atoms with Gasteiger partial charge in [-0.25, -0.2) is 0 Å². The van der Waals surface area contributed by atoms with Crippen LogP contribution in [-0.4, -0.2) is 17.7 Å². The molecule has 1 rings (SSSR count). The number of anilines is 1. The highest BCUT2D eigenvalue weighted by atomic mass is 35.5. The van der Waals surface area contributed by atoms with Crippen molar-refractivity contribution in [2.24, 2.45) is 10.8 Å². The summed E-state index contributed by atoms with van der Waals surface area (Å²) in [7, 11) is 0. The van der Waals surface area contributed by atoms with E-state index in [0.29, 0.717) is 16.5 Å². The minimum Gasteiger partial charge on any atom is -0.487 e. The predicted molar refractivity (Wildman–Crippen MR) is 75.8 cm³/mol. The second-order valence-electron chi connectivity index (χ2n) is 3.88. The highest BCUT2D eigenvalue weighted by Crippen LogP contribution is 2.33. The van der Waals surface area contributed by atoms with E-state index in [2.05, 4.69) is 10.5 Å². The van der Waals surface area contributed by atoms with E-state index in [1.54, 1.807) is 24.3 Å². The number of benzene rings is 1. The summed E-state index contributed by atoms with van der Waals surface area (Å²) in [6, 6.07) is 6.81. The zero-order chi connectivity index (χ0) is 14.4. The van der Waals surface area contributed by atoms with Gasteiger partial charge in [-0.05, 0) is 26.0 Å². The van der Waals surface area contributed by atoms with Crippen LogP contribution in [0.2, 0.25) is 5.02 Å². The molecule has 0 aliphatic carbocycles. The smallest absolute Gasteiger partial charge is 0.201 e. The van der Waals surface area contributed by atoms with Crippen LogP contribution < -0.4 is 15.9 Å². The van der Waals surface area contributed by atoms with Gasteiger partial charge in [0.05, 0.1) is 16.8 Å². The van der Waals surface area contributed by atoms with Crippen LogP contribution >= 0.6 is 11.6 Å².